The molecule has 0 unspecified atom stereocenters. The molecule has 0 radical (unpaired) electrons. The van der Waals surface area contributed by atoms with Gasteiger partial charge in [0.1, 0.15) is 0 Å². The molecule has 0 aliphatic carbocycles. The fourth-order valence-corrected chi connectivity index (χ4v) is 1.12. The summed E-state index contributed by atoms with van der Waals surface area (Å²) in [6.45, 7) is 4.05. The number of benzene rings is 1. The van der Waals surface area contributed by atoms with E-state index in [1.165, 1.54) is 13.1 Å². The molecule has 0 aromatic heterocycles. The number of carbonyl (C=O) groups excluding carboxylic acids is 1. The van der Waals surface area contributed by atoms with E-state index in [9.17, 15) is 9.90 Å². The van der Waals surface area contributed by atoms with E-state index in [1.807, 2.05) is 13.8 Å². The molecule has 0 heterocycles. The monoisotopic (exact) mass is 209 g/mol. The Bertz CT molecular complexity index is 361. The zero-order valence-electron chi connectivity index (χ0n) is 9.07. The van der Waals surface area contributed by atoms with Gasteiger partial charge in [0, 0.05) is 7.05 Å². The minimum absolute atomic E-state index is 0.0389. The molecule has 15 heavy (non-hydrogen) atoms. The molecule has 0 saturated carbocycles. The number of nitrogens with one attached hydrogen (secondary N) is 1. The van der Waals surface area contributed by atoms with Gasteiger partial charge in [0.2, 0.25) is 0 Å². The smallest absolute Gasteiger partial charge is 0.412 e. The van der Waals surface area contributed by atoms with E-state index in [-0.39, 0.29) is 11.5 Å². The fourth-order valence-electron chi connectivity index (χ4n) is 1.12. The number of ether oxygens (including phenoxy) is 1. The SMILES string of the molecule is CNC(=O)Oc1cc(C(C)C)ccc1O. The van der Waals surface area contributed by atoms with Crippen LogP contribution in [-0.2, 0) is 0 Å². The van der Waals surface area contributed by atoms with Gasteiger partial charge in [-0.3, -0.25) is 0 Å². The van der Waals surface area contributed by atoms with E-state index < -0.39 is 6.09 Å². The highest BCUT2D eigenvalue weighted by molar-refractivity contribution is 5.71. The zero-order chi connectivity index (χ0) is 11.4. The van der Waals surface area contributed by atoms with Crippen molar-refractivity contribution < 1.29 is 14.6 Å². The van der Waals surface area contributed by atoms with Crippen LogP contribution < -0.4 is 10.1 Å². The van der Waals surface area contributed by atoms with Crippen molar-refractivity contribution in [2.75, 3.05) is 7.05 Å². The molecule has 1 amide bonds. The molecule has 0 spiro atoms. The Labute approximate surface area is 88.9 Å². The molecule has 1 aromatic carbocycles. The summed E-state index contributed by atoms with van der Waals surface area (Å²) in [7, 11) is 1.46. The largest absolute Gasteiger partial charge is 0.504 e. The van der Waals surface area contributed by atoms with Crippen LogP contribution in [0.25, 0.3) is 0 Å². The third-order valence-corrected chi connectivity index (χ3v) is 2.06. The van der Waals surface area contributed by atoms with Gasteiger partial charge in [-0.25, -0.2) is 4.79 Å². The highest BCUT2D eigenvalue weighted by atomic mass is 16.6. The van der Waals surface area contributed by atoms with Gasteiger partial charge >= 0.3 is 6.09 Å². The van der Waals surface area contributed by atoms with Gasteiger partial charge < -0.3 is 15.2 Å². The number of aromatic hydroxyl groups is 1. The number of hydrogen-bond acceptors (Lipinski definition) is 3. The summed E-state index contributed by atoms with van der Waals surface area (Å²) in [6, 6.07) is 4.99. The number of hydrogen-bond donors (Lipinski definition) is 2. The average Bonchev–Trinajstić information content (AvgIpc) is 2.20. The van der Waals surface area contributed by atoms with Crippen molar-refractivity contribution >= 4 is 6.09 Å². The molecule has 4 nitrogen and oxygen atoms in total. The second-order valence-corrected chi connectivity index (χ2v) is 3.52. The summed E-state index contributed by atoms with van der Waals surface area (Å²) in [6.07, 6.45) is -0.591. The maximum Gasteiger partial charge on any atom is 0.412 e. The number of phenols is 1. The third kappa shape index (κ3) is 2.87. The first-order valence-corrected chi connectivity index (χ1v) is 4.77. The number of amides is 1. The Balaban J connectivity index is 2.95. The third-order valence-electron chi connectivity index (χ3n) is 2.06. The minimum atomic E-state index is -0.591. The van der Waals surface area contributed by atoms with Gasteiger partial charge in [0.15, 0.2) is 11.5 Å². The summed E-state index contributed by atoms with van der Waals surface area (Å²) in [5.41, 5.74) is 1.01. The Morgan fingerprint density at radius 3 is 2.67 bits per heavy atom. The van der Waals surface area contributed by atoms with Crippen LogP contribution in [0.15, 0.2) is 18.2 Å². The summed E-state index contributed by atoms with van der Waals surface area (Å²) in [4.78, 5) is 11.0. The van der Waals surface area contributed by atoms with E-state index in [2.05, 4.69) is 5.32 Å². The molecular formula is C11H15NO3. The summed E-state index contributed by atoms with van der Waals surface area (Å²) in [5.74, 6) is 0.459. The van der Waals surface area contributed by atoms with E-state index >= 15 is 0 Å². The molecule has 0 aliphatic rings. The molecule has 82 valence electrons. The first kappa shape index (κ1) is 11.4. The Morgan fingerprint density at radius 2 is 2.13 bits per heavy atom. The van der Waals surface area contributed by atoms with Crippen molar-refractivity contribution in [2.45, 2.75) is 19.8 Å². The van der Waals surface area contributed by atoms with Crippen LogP contribution in [0.4, 0.5) is 4.79 Å². The second kappa shape index (κ2) is 4.68. The fraction of sp³-hybridized carbons (Fsp3) is 0.364. The first-order chi connectivity index (χ1) is 7.04. The first-order valence-electron chi connectivity index (χ1n) is 4.77. The minimum Gasteiger partial charge on any atom is -0.504 e. The van der Waals surface area contributed by atoms with Crippen molar-refractivity contribution in [1.82, 2.24) is 5.32 Å². The lowest BCUT2D eigenvalue weighted by atomic mass is 10.0. The van der Waals surface area contributed by atoms with Gasteiger partial charge in [0.25, 0.3) is 0 Å². The normalized spacial score (nSPS) is 10.1. The molecule has 0 atom stereocenters. The molecule has 1 aromatic rings. The zero-order valence-corrected chi connectivity index (χ0v) is 9.07. The van der Waals surface area contributed by atoms with Crippen LogP contribution in [0, 0.1) is 0 Å². The molecule has 4 heteroatoms. The number of rotatable bonds is 2. The number of phenolic OH excluding ortho intramolecular Hbond substituents is 1. The standard InChI is InChI=1S/C11H15NO3/c1-7(2)8-4-5-9(13)10(6-8)15-11(14)12-3/h4-7,13H,1-3H3,(H,12,14). The van der Waals surface area contributed by atoms with Gasteiger partial charge in [-0.1, -0.05) is 19.9 Å². The highest BCUT2D eigenvalue weighted by Crippen LogP contribution is 2.29. The van der Waals surface area contributed by atoms with Crippen LogP contribution in [0.2, 0.25) is 0 Å². The number of carbonyl (C=O) groups is 1. The molecule has 0 fully saturated rings. The Morgan fingerprint density at radius 1 is 1.47 bits per heavy atom. The van der Waals surface area contributed by atoms with E-state index in [0.29, 0.717) is 5.92 Å². The van der Waals surface area contributed by atoms with Crippen molar-refractivity contribution in [1.29, 1.82) is 0 Å². The summed E-state index contributed by atoms with van der Waals surface area (Å²) >= 11 is 0. The van der Waals surface area contributed by atoms with Gasteiger partial charge in [-0.05, 0) is 23.6 Å². The Kier molecular flexibility index (Phi) is 3.55. The maximum atomic E-state index is 11.0. The van der Waals surface area contributed by atoms with Gasteiger partial charge in [-0.2, -0.15) is 0 Å². The van der Waals surface area contributed by atoms with Crippen LogP contribution >= 0.6 is 0 Å². The second-order valence-electron chi connectivity index (χ2n) is 3.52. The van der Waals surface area contributed by atoms with Crippen molar-refractivity contribution in [3.05, 3.63) is 23.8 Å². The Hall–Kier alpha value is -1.71. The summed E-state index contributed by atoms with van der Waals surface area (Å²) in [5, 5.41) is 11.8. The predicted molar refractivity (Wildman–Crippen MR) is 57.3 cm³/mol. The molecule has 0 bridgehead atoms. The van der Waals surface area contributed by atoms with Crippen molar-refractivity contribution in [2.24, 2.45) is 0 Å². The molecule has 0 aliphatic heterocycles. The lowest BCUT2D eigenvalue weighted by Gasteiger charge is -2.09. The van der Waals surface area contributed by atoms with Crippen molar-refractivity contribution in [3.63, 3.8) is 0 Å². The highest BCUT2D eigenvalue weighted by Gasteiger charge is 2.09. The maximum absolute atomic E-state index is 11.0. The van der Waals surface area contributed by atoms with E-state index in [4.69, 9.17) is 4.74 Å². The quantitative estimate of drug-likeness (QED) is 0.785. The predicted octanol–water partition coefficient (Wildman–Crippen LogP) is 2.23. The lowest BCUT2D eigenvalue weighted by molar-refractivity contribution is 0.201. The van der Waals surface area contributed by atoms with Crippen LogP contribution in [0.5, 0.6) is 11.5 Å². The molecular weight excluding hydrogens is 194 g/mol. The van der Waals surface area contributed by atoms with E-state index in [0.717, 1.165) is 5.56 Å². The average molecular weight is 209 g/mol. The van der Waals surface area contributed by atoms with Gasteiger partial charge in [0.05, 0.1) is 0 Å². The van der Waals surface area contributed by atoms with E-state index in [1.54, 1.807) is 12.1 Å². The van der Waals surface area contributed by atoms with Gasteiger partial charge in [-0.15, -0.1) is 0 Å². The van der Waals surface area contributed by atoms with Crippen LogP contribution in [-0.4, -0.2) is 18.2 Å². The molecule has 1 rings (SSSR count). The topological polar surface area (TPSA) is 58.6 Å². The van der Waals surface area contributed by atoms with Crippen molar-refractivity contribution in [3.8, 4) is 11.5 Å². The lowest BCUT2D eigenvalue weighted by Crippen LogP contribution is -2.22. The van der Waals surface area contributed by atoms with Crippen LogP contribution in [0.1, 0.15) is 25.3 Å². The molecule has 0 saturated heterocycles. The van der Waals surface area contributed by atoms with Crippen LogP contribution in [0.3, 0.4) is 0 Å². The summed E-state index contributed by atoms with van der Waals surface area (Å²) < 4.78 is 4.89. The molecule has 2 N–H and O–H groups in total.